The van der Waals surface area contributed by atoms with Crippen molar-refractivity contribution in [1.82, 2.24) is 9.78 Å². The molecule has 0 spiro atoms. The number of aromatic hydroxyl groups is 1. The maximum absolute atomic E-state index is 9.86. The Kier molecular flexibility index (Phi) is 4.37. The van der Waals surface area contributed by atoms with E-state index >= 15 is 0 Å². The average molecular weight is 391 g/mol. The summed E-state index contributed by atoms with van der Waals surface area (Å²) < 4.78 is 1.86. The van der Waals surface area contributed by atoms with Crippen molar-refractivity contribution in [2.45, 2.75) is 58.3 Å². The average Bonchev–Trinajstić information content (AvgIpc) is 3.21. The first-order valence-corrected chi connectivity index (χ1v) is 10.9. The second-order valence-corrected chi connectivity index (χ2v) is 9.39. The van der Waals surface area contributed by atoms with Gasteiger partial charge in [0.25, 0.3) is 0 Å². The zero-order valence-corrected chi connectivity index (χ0v) is 17.6. The minimum absolute atomic E-state index is 0.177. The smallest absolute Gasteiger partial charge is 0.115 e. The largest absolute Gasteiger partial charge is 0.508 e. The first-order chi connectivity index (χ1) is 14.0. The fraction of sp³-hybridized carbons (Fsp3) is 0.542. The summed E-state index contributed by atoms with van der Waals surface area (Å²) in [6.07, 6.45) is 10.7. The molecular weight excluding hydrogens is 360 g/mol. The lowest BCUT2D eigenvalue weighted by Gasteiger charge is -2.49. The van der Waals surface area contributed by atoms with Crippen LogP contribution < -0.4 is 0 Å². The van der Waals surface area contributed by atoms with Gasteiger partial charge in [-0.2, -0.15) is 15.3 Å². The third-order valence-corrected chi connectivity index (χ3v) is 8.10. The molecule has 5 nitrogen and oxygen atoms in total. The summed E-state index contributed by atoms with van der Waals surface area (Å²) in [6, 6.07) is 6.02. The van der Waals surface area contributed by atoms with E-state index in [1.165, 1.54) is 42.5 Å². The van der Waals surface area contributed by atoms with E-state index in [1.807, 2.05) is 36.3 Å². The molecule has 2 aromatic rings. The Morgan fingerprint density at radius 1 is 1.24 bits per heavy atom. The second kappa shape index (κ2) is 6.82. The number of hydrogen-bond acceptors (Lipinski definition) is 4. The maximum atomic E-state index is 9.86. The molecule has 1 aromatic heterocycles. The number of benzene rings is 1. The number of aromatic nitrogens is 2. The molecule has 5 heteroatoms. The van der Waals surface area contributed by atoms with Gasteiger partial charge in [0.05, 0.1) is 12.4 Å². The molecule has 1 N–H and O–H groups in total. The van der Waals surface area contributed by atoms with Crippen LogP contribution in [-0.4, -0.2) is 26.8 Å². The lowest BCUT2D eigenvalue weighted by atomic mass is 9.55. The topological polar surface area (TPSA) is 62.8 Å². The van der Waals surface area contributed by atoms with Crippen LogP contribution in [0, 0.1) is 24.2 Å². The van der Waals surface area contributed by atoms with Crippen molar-refractivity contribution in [3.63, 3.8) is 0 Å². The number of phenolic OH excluding ortho intramolecular Hbond substituents is 1. The number of fused-ring (bicyclic) bond motifs is 5. The van der Waals surface area contributed by atoms with Gasteiger partial charge in [-0.15, -0.1) is 0 Å². The molecule has 29 heavy (non-hydrogen) atoms. The summed E-state index contributed by atoms with van der Waals surface area (Å²) in [5, 5.41) is 23.3. The summed E-state index contributed by atoms with van der Waals surface area (Å²) in [5.41, 5.74) is 6.45. The third kappa shape index (κ3) is 2.93. The maximum Gasteiger partial charge on any atom is 0.115 e. The van der Waals surface area contributed by atoms with Crippen molar-refractivity contribution in [3.05, 3.63) is 46.8 Å². The molecule has 0 unspecified atom stereocenters. The van der Waals surface area contributed by atoms with Crippen LogP contribution >= 0.6 is 0 Å². The van der Waals surface area contributed by atoms with E-state index in [0.29, 0.717) is 17.6 Å². The summed E-state index contributed by atoms with van der Waals surface area (Å²) in [5.74, 6) is 2.46. The highest BCUT2D eigenvalue weighted by Crippen LogP contribution is 2.60. The van der Waals surface area contributed by atoms with E-state index in [-0.39, 0.29) is 5.41 Å². The van der Waals surface area contributed by atoms with Crippen molar-refractivity contribution in [1.29, 1.82) is 0 Å². The highest BCUT2D eigenvalue weighted by atomic mass is 16.3. The van der Waals surface area contributed by atoms with Crippen LogP contribution in [-0.2, 0) is 13.5 Å². The Hall–Kier alpha value is -2.43. The Balaban J connectivity index is 1.39. The van der Waals surface area contributed by atoms with Gasteiger partial charge in [0, 0.05) is 29.4 Å². The summed E-state index contributed by atoms with van der Waals surface area (Å²) in [7, 11) is 1.95. The van der Waals surface area contributed by atoms with E-state index in [4.69, 9.17) is 5.10 Å². The summed E-state index contributed by atoms with van der Waals surface area (Å²) in [6.45, 7) is 4.48. The molecule has 152 valence electrons. The van der Waals surface area contributed by atoms with Gasteiger partial charge in [-0.3, -0.25) is 4.68 Å². The van der Waals surface area contributed by atoms with E-state index in [0.717, 1.165) is 30.0 Å². The van der Waals surface area contributed by atoms with Crippen molar-refractivity contribution in [2.24, 2.45) is 34.5 Å². The number of nitrogens with zero attached hydrogens (tertiary/aromatic N) is 4. The van der Waals surface area contributed by atoms with Gasteiger partial charge in [-0.1, -0.05) is 13.0 Å². The van der Waals surface area contributed by atoms with E-state index in [1.54, 1.807) is 0 Å². The van der Waals surface area contributed by atoms with Crippen LogP contribution in [0.4, 0.5) is 0 Å². The molecule has 2 saturated carbocycles. The predicted molar refractivity (Wildman–Crippen MR) is 116 cm³/mol. The van der Waals surface area contributed by atoms with E-state index < -0.39 is 0 Å². The van der Waals surface area contributed by atoms with E-state index in [2.05, 4.69) is 30.1 Å². The SMILES string of the molecule is Cc1c(/C=N\N=C2\CC[C@@H]3[C@H]4CCc5cc(O)ccc5[C@@H]4CC[C@]23C)cnn1C. The summed E-state index contributed by atoms with van der Waals surface area (Å²) >= 11 is 0. The van der Waals surface area contributed by atoms with Crippen molar-refractivity contribution < 1.29 is 5.11 Å². The third-order valence-electron chi connectivity index (χ3n) is 8.10. The minimum atomic E-state index is 0.177. The van der Waals surface area contributed by atoms with Crippen LogP contribution in [0.2, 0.25) is 0 Å². The quantitative estimate of drug-likeness (QED) is 0.593. The summed E-state index contributed by atoms with van der Waals surface area (Å²) in [4.78, 5) is 0. The number of aryl methyl sites for hydroxylation is 2. The zero-order chi connectivity index (χ0) is 20.2. The van der Waals surface area contributed by atoms with Gasteiger partial charge in [0.2, 0.25) is 0 Å². The molecule has 0 saturated heterocycles. The van der Waals surface area contributed by atoms with Crippen molar-refractivity contribution in [3.8, 4) is 5.75 Å². The van der Waals surface area contributed by atoms with Crippen LogP contribution in [0.1, 0.15) is 67.3 Å². The highest BCUT2D eigenvalue weighted by molar-refractivity contribution is 5.93. The zero-order valence-electron chi connectivity index (χ0n) is 17.6. The Morgan fingerprint density at radius 2 is 2.10 bits per heavy atom. The number of hydrogen-bond donors (Lipinski definition) is 1. The molecule has 5 rings (SSSR count). The van der Waals surface area contributed by atoms with Crippen LogP contribution in [0.15, 0.2) is 34.6 Å². The monoisotopic (exact) mass is 390 g/mol. The van der Waals surface area contributed by atoms with Crippen LogP contribution in [0.3, 0.4) is 0 Å². The lowest BCUT2D eigenvalue weighted by Crippen LogP contribution is -2.42. The van der Waals surface area contributed by atoms with Gasteiger partial charge < -0.3 is 5.11 Å². The predicted octanol–water partition coefficient (Wildman–Crippen LogP) is 4.77. The van der Waals surface area contributed by atoms with E-state index in [9.17, 15) is 5.11 Å². The molecule has 0 aliphatic heterocycles. The molecule has 0 amide bonds. The molecule has 0 bridgehead atoms. The minimum Gasteiger partial charge on any atom is -0.508 e. The molecule has 1 heterocycles. The van der Waals surface area contributed by atoms with Gasteiger partial charge in [-0.05, 0) is 86.5 Å². The molecule has 3 aliphatic rings. The standard InChI is InChI=1S/C24H30N4O/c1-15-17(14-26-28(15)3)13-25-27-23-9-8-22-21-6-4-16-12-18(29)5-7-19(16)20(21)10-11-24(22,23)2/h5,7,12-14,20-22,29H,4,6,8-11H2,1-3H3/b25-13-,27-23-/t20-,21-,22+,24-/m0/s1. The first-order valence-electron chi connectivity index (χ1n) is 10.9. The Bertz CT molecular complexity index is 1000. The normalized spacial score (nSPS) is 32.4. The van der Waals surface area contributed by atoms with Crippen LogP contribution in [0.5, 0.6) is 5.75 Å². The molecular formula is C24H30N4O. The lowest BCUT2D eigenvalue weighted by molar-refractivity contribution is 0.0955. The fourth-order valence-electron chi connectivity index (χ4n) is 6.32. The fourth-order valence-corrected chi connectivity index (χ4v) is 6.32. The van der Waals surface area contributed by atoms with Crippen molar-refractivity contribution in [2.75, 3.05) is 0 Å². The Labute approximate surface area is 172 Å². The van der Waals surface area contributed by atoms with Gasteiger partial charge in [0.15, 0.2) is 0 Å². The van der Waals surface area contributed by atoms with Crippen LogP contribution in [0.25, 0.3) is 0 Å². The number of rotatable bonds is 2. The molecule has 0 radical (unpaired) electrons. The van der Waals surface area contributed by atoms with Gasteiger partial charge in [0.1, 0.15) is 5.75 Å². The highest BCUT2D eigenvalue weighted by Gasteiger charge is 2.53. The molecule has 1 aromatic carbocycles. The Morgan fingerprint density at radius 3 is 2.90 bits per heavy atom. The molecule has 4 atom stereocenters. The first kappa shape index (κ1) is 18.6. The van der Waals surface area contributed by atoms with Gasteiger partial charge >= 0.3 is 0 Å². The number of phenols is 1. The second-order valence-electron chi connectivity index (χ2n) is 9.39. The van der Waals surface area contributed by atoms with Gasteiger partial charge in [-0.25, -0.2) is 0 Å². The van der Waals surface area contributed by atoms with Crippen molar-refractivity contribution >= 4 is 11.9 Å². The molecule has 3 aliphatic carbocycles. The molecule has 2 fully saturated rings.